The van der Waals surface area contributed by atoms with Crippen molar-refractivity contribution < 1.29 is 14.0 Å². The average molecular weight is 374 g/mol. The second-order valence-electron chi connectivity index (χ2n) is 6.09. The molecule has 2 aromatic carbocycles. The van der Waals surface area contributed by atoms with E-state index in [1.54, 1.807) is 25.2 Å². The molecule has 0 spiro atoms. The highest BCUT2D eigenvalue weighted by Gasteiger charge is 2.14. The van der Waals surface area contributed by atoms with E-state index in [4.69, 9.17) is 0 Å². The number of anilines is 1. The van der Waals surface area contributed by atoms with Crippen molar-refractivity contribution in [3.05, 3.63) is 59.4 Å². The first kappa shape index (κ1) is 20.0. The maximum atomic E-state index is 13.5. The smallest absolute Gasteiger partial charge is 0.243 e. The van der Waals surface area contributed by atoms with E-state index < -0.39 is 0 Å². The highest BCUT2D eigenvalue weighted by Crippen LogP contribution is 2.22. The lowest BCUT2D eigenvalue weighted by Gasteiger charge is -2.18. The van der Waals surface area contributed by atoms with Gasteiger partial charge in [0.2, 0.25) is 11.8 Å². The molecule has 0 heterocycles. The van der Waals surface area contributed by atoms with E-state index in [-0.39, 0.29) is 30.6 Å². The lowest BCUT2D eigenvalue weighted by Crippen LogP contribution is -2.35. The number of carbonyl (C=O) groups excluding carboxylic acids is 2. The van der Waals surface area contributed by atoms with Gasteiger partial charge in [-0.15, -0.1) is 11.8 Å². The van der Waals surface area contributed by atoms with Crippen LogP contribution in [0.25, 0.3) is 0 Å². The van der Waals surface area contributed by atoms with Gasteiger partial charge < -0.3 is 10.2 Å². The van der Waals surface area contributed by atoms with Crippen molar-refractivity contribution in [1.29, 1.82) is 0 Å². The molecule has 1 N–H and O–H groups in total. The Hall–Kier alpha value is -2.34. The molecule has 138 valence electrons. The van der Waals surface area contributed by atoms with Gasteiger partial charge in [0, 0.05) is 29.8 Å². The van der Waals surface area contributed by atoms with E-state index in [1.165, 1.54) is 22.7 Å². The number of thioether (sulfide) groups is 1. The molecule has 0 aromatic heterocycles. The van der Waals surface area contributed by atoms with Gasteiger partial charge in [-0.25, -0.2) is 4.39 Å². The zero-order valence-electron chi connectivity index (χ0n) is 15.2. The van der Waals surface area contributed by atoms with E-state index >= 15 is 0 Å². The fraction of sp³-hybridized carbons (Fsp3) is 0.300. The monoisotopic (exact) mass is 374 g/mol. The number of carbonyl (C=O) groups is 2. The van der Waals surface area contributed by atoms with Crippen LogP contribution >= 0.6 is 11.8 Å². The Balaban J connectivity index is 1.81. The SMILES string of the molecule is Cc1cccc(C)c1NC(=O)CN(C)C(=O)CCSc1ccccc1F. The number of para-hydroxylation sites is 1. The van der Waals surface area contributed by atoms with Gasteiger partial charge in [0.25, 0.3) is 0 Å². The van der Waals surface area contributed by atoms with Crippen LogP contribution in [0.2, 0.25) is 0 Å². The Labute approximate surface area is 157 Å². The van der Waals surface area contributed by atoms with Crippen molar-refractivity contribution in [2.24, 2.45) is 0 Å². The maximum absolute atomic E-state index is 13.5. The predicted octanol–water partition coefficient (Wildman–Crippen LogP) is 4.02. The normalized spacial score (nSPS) is 10.5. The topological polar surface area (TPSA) is 49.4 Å². The zero-order chi connectivity index (χ0) is 19.1. The van der Waals surface area contributed by atoms with Gasteiger partial charge in [0.15, 0.2) is 0 Å². The molecule has 0 aliphatic carbocycles. The fourth-order valence-electron chi connectivity index (χ4n) is 2.50. The van der Waals surface area contributed by atoms with E-state index in [2.05, 4.69) is 5.32 Å². The summed E-state index contributed by atoms with van der Waals surface area (Å²) in [4.78, 5) is 26.3. The lowest BCUT2D eigenvalue weighted by molar-refractivity contribution is -0.132. The third kappa shape index (κ3) is 5.59. The molecule has 0 aliphatic rings. The highest BCUT2D eigenvalue weighted by atomic mass is 32.2. The highest BCUT2D eigenvalue weighted by molar-refractivity contribution is 7.99. The fourth-order valence-corrected chi connectivity index (χ4v) is 3.37. The summed E-state index contributed by atoms with van der Waals surface area (Å²) in [5, 5.41) is 2.87. The summed E-state index contributed by atoms with van der Waals surface area (Å²) in [6.45, 7) is 3.84. The van der Waals surface area contributed by atoms with Crippen molar-refractivity contribution >= 4 is 29.3 Å². The number of rotatable bonds is 7. The largest absolute Gasteiger partial charge is 0.336 e. The Morgan fingerprint density at radius 3 is 2.38 bits per heavy atom. The summed E-state index contributed by atoms with van der Waals surface area (Å²) in [6.07, 6.45) is 0.242. The van der Waals surface area contributed by atoms with Crippen LogP contribution in [0.15, 0.2) is 47.4 Å². The van der Waals surface area contributed by atoms with E-state index in [0.29, 0.717) is 10.6 Å². The Bertz CT molecular complexity index is 775. The van der Waals surface area contributed by atoms with Crippen LogP contribution in [0, 0.1) is 19.7 Å². The molecule has 4 nitrogen and oxygen atoms in total. The molecule has 0 atom stereocenters. The van der Waals surface area contributed by atoms with Gasteiger partial charge >= 0.3 is 0 Å². The molecule has 0 saturated heterocycles. The van der Waals surface area contributed by atoms with Crippen LogP contribution in [-0.2, 0) is 9.59 Å². The predicted molar refractivity (Wildman–Crippen MR) is 104 cm³/mol. The van der Waals surface area contributed by atoms with Crippen molar-refractivity contribution in [2.45, 2.75) is 25.2 Å². The molecule has 2 aromatic rings. The first-order valence-corrected chi connectivity index (χ1v) is 9.34. The Morgan fingerprint density at radius 1 is 1.08 bits per heavy atom. The summed E-state index contributed by atoms with van der Waals surface area (Å²) >= 11 is 1.30. The molecule has 0 unspecified atom stereocenters. The van der Waals surface area contributed by atoms with Crippen molar-refractivity contribution in [3.63, 3.8) is 0 Å². The third-order valence-corrected chi connectivity index (χ3v) is 5.01. The molecular formula is C20H23FN2O2S. The van der Waals surface area contributed by atoms with Gasteiger partial charge in [-0.3, -0.25) is 9.59 Å². The second kappa shape index (κ2) is 9.38. The number of nitrogens with zero attached hydrogens (tertiary/aromatic N) is 1. The first-order valence-electron chi connectivity index (χ1n) is 8.36. The molecule has 0 aliphatic heterocycles. The van der Waals surface area contributed by atoms with Crippen LogP contribution in [0.3, 0.4) is 0 Å². The zero-order valence-corrected chi connectivity index (χ0v) is 16.0. The minimum absolute atomic E-state index is 0.0169. The number of benzene rings is 2. The second-order valence-corrected chi connectivity index (χ2v) is 7.23. The third-order valence-electron chi connectivity index (χ3n) is 3.96. The molecular weight excluding hydrogens is 351 g/mol. The number of amides is 2. The maximum Gasteiger partial charge on any atom is 0.243 e. The molecule has 2 rings (SSSR count). The Kier molecular flexibility index (Phi) is 7.21. The van der Waals surface area contributed by atoms with Gasteiger partial charge in [-0.05, 0) is 37.1 Å². The number of hydrogen-bond acceptors (Lipinski definition) is 3. The first-order chi connectivity index (χ1) is 12.4. The quantitative estimate of drug-likeness (QED) is 0.745. The molecule has 6 heteroatoms. The number of aryl methyl sites for hydroxylation is 2. The standard InChI is InChI=1S/C20H23FN2O2S/c1-14-7-6-8-15(2)20(14)22-18(24)13-23(3)19(25)11-12-26-17-10-5-4-9-16(17)21/h4-10H,11-13H2,1-3H3,(H,22,24). The van der Waals surface area contributed by atoms with Gasteiger partial charge in [-0.2, -0.15) is 0 Å². The van der Waals surface area contributed by atoms with Crippen molar-refractivity contribution in [1.82, 2.24) is 4.90 Å². The van der Waals surface area contributed by atoms with Gasteiger partial charge in [0.05, 0.1) is 6.54 Å². The summed E-state index contributed by atoms with van der Waals surface area (Å²) in [7, 11) is 1.60. The number of halogens is 1. The number of nitrogens with one attached hydrogen (secondary N) is 1. The van der Waals surface area contributed by atoms with Crippen LogP contribution < -0.4 is 5.32 Å². The molecule has 0 radical (unpaired) electrons. The molecule has 0 bridgehead atoms. The van der Waals surface area contributed by atoms with Gasteiger partial charge in [-0.1, -0.05) is 30.3 Å². The van der Waals surface area contributed by atoms with E-state index in [9.17, 15) is 14.0 Å². The van der Waals surface area contributed by atoms with Crippen LogP contribution in [0.4, 0.5) is 10.1 Å². The molecule has 2 amide bonds. The summed E-state index contributed by atoms with van der Waals surface area (Å²) in [5.74, 6) is -0.209. The van der Waals surface area contributed by atoms with Crippen LogP contribution in [-0.4, -0.2) is 36.1 Å². The minimum Gasteiger partial charge on any atom is -0.336 e. The van der Waals surface area contributed by atoms with Crippen LogP contribution in [0.5, 0.6) is 0 Å². The molecule has 26 heavy (non-hydrogen) atoms. The minimum atomic E-state index is -0.286. The summed E-state index contributed by atoms with van der Waals surface area (Å²) in [5.41, 5.74) is 2.75. The lowest BCUT2D eigenvalue weighted by atomic mass is 10.1. The average Bonchev–Trinajstić information content (AvgIpc) is 2.59. The van der Waals surface area contributed by atoms with E-state index in [1.807, 2.05) is 32.0 Å². The Morgan fingerprint density at radius 2 is 1.73 bits per heavy atom. The van der Waals surface area contributed by atoms with E-state index in [0.717, 1.165) is 16.8 Å². The van der Waals surface area contributed by atoms with Crippen molar-refractivity contribution in [2.75, 3.05) is 24.7 Å². The number of hydrogen-bond donors (Lipinski definition) is 1. The molecule has 0 fully saturated rings. The summed E-state index contributed by atoms with van der Waals surface area (Å²) in [6, 6.07) is 12.3. The van der Waals surface area contributed by atoms with Crippen LogP contribution in [0.1, 0.15) is 17.5 Å². The summed E-state index contributed by atoms with van der Waals surface area (Å²) < 4.78 is 13.5. The van der Waals surface area contributed by atoms with Crippen molar-refractivity contribution in [3.8, 4) is 0 Å². The molecule has 0 saturated carbocycles. The van der Waals surface area contributed by atoms with Gasteiger partial charge in [0.1, 0.15) is 5.82 Å². The number of likely N-dealkylation sites (N-methyl/N-ethyl adjacent to an activating group) is 1.